The maximum atomic E-state index is 10.6. The van der Waals surface area contributed by atoms with Gasteiger partial charge in [-0.3, -0.25) is 4.68 Å². The van der Waals surface area contributed by atoms with Crippen molar-refractivity contribution in [2.45, 2.75) is 38.4 Å². The lowest BCUT2D eigenvalue weighted by Crippen LogP contribution is -2.21. The van der Waals surface area contributed by atoms with E-state index in [1.54, 1.807) is 12.5 Å². The Kier molecular flexibility index (Phi) is 6.70. The van der Waals surface area contributed by atoms with Gasteiger partial charge in [0, 0.05) is 23.3 Å². The van der Waals surface area contributed by atoms with Crippen molar-refractivity contribution in [3.8, 4) is 17.3 Å². The van der Waals surface area contributed by atoms with Gasteiger partial charge < -0.3 is 10.1 Å². The van der Waals surface area contributed by atoms with Gasteiger partial charge in [-0.15, -0.1) is 0 Å². The molecule has 0 saturated carbocycles. The van der Waals surface area contributed by atoms with Gasteiger partial charge in [-0.05, 0) is 12.5 Å². The molecule has 3 aromatic rings. The molecule has 3 heterocycles. The summed E-state index contributed by atoms with van der Waals surface area (Å²) in [6.07, 6.45) is 4.52. The van der Waals surface area contributed by atoms with Crippen LogP contribution in [0.15, 0.2) is 31.0 Å². The fraction of sp³-hybridized carbons (Fsp3) is 0.353. The van der Waals surface area contributed by atoms with E-state index in [2.05, 4.69) is 33.0 Å². The number of carboxylic acid groups (broad SMARTS) is 1. The first-order valence-corrected chi connectivity index (χ1v) is 8.27. The molecule has 0 aromatic carbocycles. The number of carboxylic acids is 1. The number of halogens is 3. The number of aliphatic carboxylic acids is 1. The van der Waals surface area contributed by atoms with E-state index >= 15 is 0 Å². The molecule has 8 nitrogen and oxygen atoms in total. The van der Waals surface area contributed by atoms with Crippen molar-refractivity contribution in [1.29, 1.82) is 5.26 Å². The topological polar surface area (TPSA) is 120 Å². The molecule has 3 aromatic heterocycles. The Labute approximate surface area is 157 Å². The molecule has 0 radical (unpaired) electrons. The molecular formula is C17H17F3N6O2. The summed E-state index contributed by atoms with van der Waals surface area (Å²) in [4.78, 5) is 20.5. The van der Waals surface area contributed by atoms with E-state index in [-0.39, 0.29) is 6.04 Å². The first kappa shape index (κ1) is 20.9. The zero-order valence-electron chi connectivity index (χ0n) is 14.8. The molecule has 3 rings (SSSR count). The Bertz CT molecular complexity index is 973. The molecule has 148 valence electrons. The molecule has 0 aliphatic heterocycles. The molecule has 1 unspecified atom stereocenters. The van der Waals surface area contributed by atoms with Crippen LogP contribution in [0.4, 0.5) is 13.2 Å². The number of hydrogen-bond acceptors (Lipinski definition) is 5. The second-order valence-electron chi connectivity index (χ2n) is 5.78. The summed E-state index contributed by atoms with van der Waals surface area (Å²) in [5, 5.41) is 21.5. The third kappa shape index (κ3) is 5.06. The Morgan fingerprint density at radius 1 is 1.43 bits per heavy atom. The SMILES string of the molecule is CCCC(CC#N)n1cc(-c2ncnc3[nH]ccc23)cn1.O=C(O)C(F)(F)F. The van der Waals surface area contributed by atoms with Crippen molar-refractivity contribution in [3.63, 3.8) is 0 Å². The number of rotatable bonds is 5. The van der Waals surface area contributed by atoms with Crippen molar-refractivity contribution >= 4 is 17.0 Å². The first-order valence-electron chi connectivity index (χ1n) is 8.27. The zero-order valence-corrected chi connectivity index (χ0v) is 14.8. The number of nitriles is 1. The number of fused-ring (bicyclic) bond motifs is 1. The van der Waals surface area contributed by atoms with Crippen LogP contribution in [0.1, 0.15) is 32.2 Å². The number of nitrogens with zero attached hydrogens (tertiary/aromatic N) is 5. The zero-order chi connectivity index (χ0) is 20.7. The Morgan fingerprint density at radius 2 is 2.14 bits per heavy atom. The highest BCUT2D eigenvalue weighted by Gasteiger charge is 2.38. The van der Waals surface area contributed by atoms with Crippen LogP contribution in [0.2, 0.25) is 0 Å². The number of aromatic amines is 1. The number of hydrogen-bond donors (Lipinski definition) is 2. The van der Waals surface area contributed by atoms with E-state index in [4.69, 9.17) is 15.2 Å². The van der Waals surface area contributed by atoms with E-state index in [0.29, 0.717) is 6.42 Å². The van der Waals surface area contributed by atoms with Crippen LogP contribution in [-0.2, 0) is 4.79 Å². The van der Waals surface area contributed by atoms with Gasteiger partial charge in [0.15, 0.2) is 0 Å². The lowest BCUT2D eigenvalue weighted by Gasteiger charge is -2.12. The predicted molar refractivity (Wildman–Crippen MR) is 93.0 cm³/mol. The third-order valence-corrected chi connectivity index (χ3v) is 3.79. The molecule has 0 spiro atoms. The van der Waals surface area contributed by atoms with E-state index in [0.717, 1.165) is 35.1 Å². The maximum Gasteiger partial charge on any atom is 0.490 e. The maximum absolute atomic E-state index is 10.6. The highest BCUT2D eigenvalue weighted by molar-refractivity contribution is 5.89. The second kappa shape index (κ2) is 8.98. The van der Waals surface area contributed by atoms with Crippen molar-refractivity contribution in [2.24, 2.45) is 0 Å². The number of H-pyrrole nitrogens is 1. The van der Waals surface area contributed by atoms with Crippen LogP contribution < -0.4 is 0 Å². The molecule has 11 heteroatoms. The lowest BCUT2D eigenvalue weighted by atomic mass is 10.1. The predicted octanol–water partition coefficient (Wildman–Crippen LogP) is 3.71. The van der Waals surface area contributed by atoms with Crippen LogP contribution in [0, 0.1) is 11.3 Å². The molecule has 0 saturated heterocycles. The number of aromatic nitrogens is 5. The number of alkyl halides is 3. The third-order valence-electron chi connectivity index (χ3n) is 3.79. The highest BCUT2D eigenvalue weighted by atomic mass is 19.4. The van der Waals surface area contributed by atoms with Gasteiger partial charge in [0.2, 0.25) is 0 Å². The van der Waals surface area contributed by atoms with Crippen molar-refractivity contribution in [1.82, 2.24) is 24.7 Å². The highest BCUT2D eigenvalue weighted by Crippen LogP contribution is 2.26. The molecule has 0 bridgehead atoms. The summed E-state index contributed by atoms with van der Waals surface area (Å²) in [7, 11) is 0. The summed E-state index contributed by atoms with van der Waals surface area (Å²) in [6, 6.07) is 4.32. The summed E-state index contributed by atoms with van der Waals surface area (Å²) in [5.74, 6) is -2.76. The van der Waals surface area contributed by atoms with Crippen LogP contribution in [0.5, 0.6) is 0 Å². The Morgan fingerprint density at radius 3 is 2.75 bits per heavy atom. The lowest BCUT2D eigenvalue weighted by molar-refractivity contribution is -0.192. The van der Waals surface area contributed by atoms with Crippen LogP contribution in [-0.4, -0.2) is 42.0 Å². The van der Waals surface area contributed by atoms with Gasteiger partial charge in [0.1, 0.15) is 12.0 Å². The quantitative estimate of drug-likeness (QED) is 0.681. The fourth-order valence-corrected chi connectivity index (χ4v) is 2.53. The number of nitrogens with one attached hydrogen (secondary N) is 1. The van der Waals surface area contributed by atoms with Gasteiger partial charge >= 0.3 is 12.1 Å². The van der Waals surface area contributed by atoms with Gasteiger partial charge in [-0.1, -0.05) is 13.3 Å². The molecule has 2 N–H and O–H groups in total. The normalized spacial score (nSPS) is 12.1. The van der Waals surface area contributed by atoms with Gasteiger partial charge in [-0.2, -0.15) is 23.5 Å². The van der Waals surface area contributed by atoms with Crippen LogP contribution in [0.3, 0.4) is 0 Å². The fourth-order valence-electron chi connectivity index (χ4n) is 2.53. The van der Waals surface area contributed by atoms with Gasteiger partial charge in [0.05, 0.1) is 30.4 Å². The molecule has 0 fully saturated rings. The molecule has 0 aliphatic carbocycles. The van der Waals surface area contributed by atoms with Crippen LogP contribution >= 0.6 is 0 Å². The minimum Gasteiger partial charge on any atom is -0.475 e. The molecule has 28 heavy (non-hydrogen) atoms. The minimum absolute atomic E-state index is 0.123. The van der Waals surface area contributed by atoms with Crippen molar-refractivity contribution in [3.05, 3.63) is 31.0 Å². The largest absolute Gasteiger partial charge is 0.490 e. The van der Waals surface area contributed by atoms with E-state index < -0.39 is 12.1 Å². The van der Waals surface area contributed by atoms with Crippen LogP contribution in [0.25, 0.3) is 22.3 Å². The van der Waals surface area contributed by atoms with Gasteiger partial charge in [-0.25, -0.2) is 14.8 Å². The first-order chi connectivity index (χ1) is 13.3. The second-order valence-corrected chi connectivity index (χ2v) is 5.78. The monoisotopic (exact) mass is 394 g/mol. The summed E-state index contributed by atoms with van der Waals surface area (Å²) in [5.41, 5.74) is 2.62. The average Bonchev–Trinajstić information content (AvgIpc) is 3.30. The van der Waals surface area contributed by atoms with E-state index in [1.807, 2.05) is 23.1 Å². The average molecular weight is 394 g/mol. The summed E-state index contributed by atoms with van der Waals surface area (Å²) < 4.78 is 33.6. The van der Waals surface area contributed by atoms with E-state index in [1.165, 1.54) is 0 Å². The minimum atomic E-state index is -5.08. The smallest absolute Gasteiger partial charge is 0.475 e. The molecular weight excluding hydrogens is 377 g/mol. The summed E-state index contributed by atoms with van der Waals surface area (Å²) in [6.45, 7) is 2.11. The Balaban J connectivity index is 0.000000345. The summed E-state index contributed by atoms with van der Waals surface area (Å²) >= 11 is 0. The molecule has 0 aliphatic rings. The molecule has 0 amide bonds. The van der Waals surface area contributed by atoms with Crippen molar-refractivity contribution < 1.29 is 23.1 Å². The van der Waals surface area contributed by atoms with Gasteiger partial charge in [0.25, 0.3) is 0 Å². The van der Waals surface area contributed by atoms with E-state index in [9.17, 15) is 13.2 Å². The molecule has 1 atom stereocenters. The number of carbonyl (C=O) groups is 1. The Hall–Kier alpha value is -3.42. The van der Waals surface area contributed by atoms with Crippen molar-refractivity contribution in [2.75, 3.05) is 0 Å². The standard InChI is InChI=1S/C15H16N6.C2HF3O2/c1-2-3-12(4-6-16)21-9-11(8-20-21)14-13-5-7-17-15(13)19-10-18-14;3-2(4,5)1(6)7/h5,7-10,12H,2-4H2,1H3,(H,17,18,19);(H,6,7).